The first kappa shape index (κ1) is 35.2. The molecule has 2 bridgehead atoms. The number of benzene rings is 1. The van der Waals surface area contributed by atoms with E-state index in [9.17, 15) is 27.6 Å². The van der Waals surface area contributed by atoms with Gasteiger partial charge in [0.25, 0.3) is 5.56 Å². The predicted octanol–water partition coefficient (Wildman–Crippen LogP) is 4.90. The third-order valence-corrected chi connectivity index (χ3v) is 11.3. The van der Waals surface area contributed by atoms with Crippen LogP contribution in [-0.4, -0.2) is 52.3 Å². The lowest BCUT2D eigenvalue weighted by atomic mass is 9.43. The summed E-state index contributed by atoms with van der Waals surface area (Å²) in [5.74, 6) is 0.130. The Balaban J connectivity index is 1.25. The van der Waals surface area contributed by atoms with Gasteiger partial charge in [-0.1, -0.05) is 32.9 Å². The Bertz CT molecular complexity index is 1690. The molecule has 4 fully saturated rings. The molecule has 7 atom stereocenters. The van der Waals surface area contributed by atoms with Crippen LogP contribution in [0, 0.1) is 17.3 Å². The van der Waals surface area contributed by atoms with E-state index in [4.69, 9.17) is 9.31 Å². The van der Waals surface area contributed by atoms with Crippen LogP contribution >= 0.6 is 0 Å². The van der Waals surface area contributed by atoms with Gasteiger partial charge in [-0.25, -0.2) is 9.78 Å². The van der Waals surface area contributed by atoms with Crippen LogP contribution in [0.2, 0.25) is 0 Å². The molecule has 2 aliphatic heterocycles. The van der Waals surface area contributed by atoms with Crippen LogP contribution in [0.5, 0.6) is 0 Å². The van der Waals surface area contributed by atoms with Crippen molar-refractivity contribution >= 4 is 24.7 Å². The second kappa shape index (κ2) is 12.3. The Kier molecular flexibility index (Phi) is 8.87. The summed E-state index contributed by atoms with van der Waals surface area (Å²) in [5, 5.41) is 11.7. The second-order valence-corrected chi connectivity index (χ2v) is 15.4. The minimum Gasteiger partial charge on any atom is -0.404 e. The van der Waals surface area contributed by atoms with Crippen LogP contribution < -0.4 is 26.8 Å². The van der Waals surface area contributed by atoms with Gasteiger partial charge in [-0.3, -0.25) is 14.2 Å². The molecule has 1 aromatic heterocycles. The van der Waals surface area contributed by atoms with Gasteiger partial charge < -0.3 is 30.6 Å². The lowest BCUT2D eigenvalue weighted by Gasteiger charge is -2.64. The number of alkyl halides is 3. The summed E-state index contributed by atoms with van der Waals surface area (Å²) in [4.78, 5) is 45.6. The molecule has 1 saturated heterocycles. The Morgan fingerprint density at radius 1 is 1.14 bits per heavy atom. The maximum atomic E-state index is 14.2. The molecule has 49 heavy (non-hydrogen) atoms. The molecule has 15 heteroatoms. The summed E-state index contributed by atoms with van der Waals surface area (Å²) >= 11 is 0. The lowest BCUT2D eigenvalue weighted by Crippen LogP contribution is -2.65. The largest absolute Gasteiger partial charge is 0.481 e. The molecule has 4 N–H and O–H groups in total. The van der Waals surface area contributed by atoms with Crippen molar-refractivity contribution in [1.82, 2.24) is 25.5 Å². The third-order valence-electron chi connectivity index (χ3n) is 11.3. The fourth-order valence-electron chi connectivity index (χ4n) is 8.49. The number of nitrogens with one attached hydrogen (secondary N) is 4. The van der Waals surface area contributed by atoms with Crippen LogP contribution in [-0.2, 0) is 32.4 Å². The van der Waals surface area contributed by atoms with Crippen molar-refractivity contribution in [2.75, 3.05) is 5.32 Å². The second-order valence-electron chi connectivity index (χ2n) is 15.4. The summed E-state index contributed by atoms with van der Waals surface area (Å²) < 4.78 is 54.2. The molecule has 3 heterocycles. The molecular formula is C34H46BF3N6O5. The van der Waals surface area contributed by atoms with Gasteiger partial charge >= 0.3 is 19.3 Å². The highest BCUT2D eigenvalue weighted by Gasteiger charge is 2.68. The number of aromatic nitrogens is 2. The van der Waals surface area contributed by atoms with Crippen molar-refractivity contribution in [3.05, 3.63) is 57.8 Å². The molecule has 11 nitrogen and oxygen atoms in total. The number of carbonyl (C=O) groups excluding carboxylic acids is 2. The van der Waals surface area contributed by atoms with E-state index in [2.05, 4.69) is 47.0 Å². The van der Waals surface area contributed by atoms with Crippen molar-refractivity contribution in [3.63, 3.8) is 0 Å². The maximum absolute atomic E-state index is 14.2. The number of fused-ring (bicyclic) bond motifs is 1. The average Bonchev–Trinajstić information content (AvgIpc) is 3.52. The Hall–Kier alpha value is -3.59. The number of amides is 3. The zero-order chi connectivity index (χ0) is 35.7. The molecule has 5 aliphatic rings. The van der Waals surface area contributed by atoms with E-state index >= 15 is 0 Å². The van der Waals surface area contributed by atoms with Gasteiger partial charge in [-0.2, -0.15) is 13.2 Å². The van der Waals surface area contributed by atoms with E-state index in [1.165, 1.54) is 22.9 Å². The van der Waals surface area contributed by atoms with Gasteiger partial charge in [0, 0.05) is 19.0 Å². The third kappa shape index (κ3) is 6.21. The van der Waals surface area contributed by atoms with Crippen molar-refractivity contribution in [2.45, 2.75) is 122 Å². The highest BCUT2D eigenvalue weighted by atomic mass is 19.4. The van der Waals surface area contributed by atoms with Gasteiger partial charge in [0.15, 0.2) is 0 Å². The predicted molar refractivity (Wildman–Crippen MR) is 177 cm³/mol. The van der Waals surface area contributed by atoms with E-state index in [0.717, 1.165) is 25.0 Å². The topological polar surface area (TPSA) is 136 Å². The number of nitrogens with zero attached hydrogens (tertiary/aromatic N) is 2. The Morgan fingerprint density at radius 2 is 1.88 bits per heavy atom. The van der Waals surface area contributed by atoms with Crippen LogP contribution in [0.1, 0.15) is 97.1 Å². The molecule has 1 aromatic carbocycles. The fraction of sp³-hybridized carbons (Fsp3) is 0.647. The summed E-state index contributed by atoms with van der Waals surface area (Å²) in [6, 6.07) is 3.09. The van der Waals surface area contributed by atoms with Crippen molar-refractivity contribution in [3.8, 4) is 0 Å². The zero-order valence-electron chi connectivity index (χ0n) is 29.0. The van der Waals surface area contributed by atoms with Gasteiger partial charge in [0.2, 0.25) is 5.91 Å². The number of anilines is 1. The fourth-order valence-corrected chi connectivity index (χ4v) is 8.49. The van der Waals surface area contributed by atoms with E-state index in [0.29, 0.717) is 23.8 Å². The highest BCUT2D eigenvalue weighted by molar-refractivity contribution is 6.47. The Labute approximate surface area is 284 Å². The van der Waals surface area contributed by atoms with Gasteiger partial charge in [0.1, 0.15) is 17.6 Å². The van der Waals surface area contributed by atoms with E-state index in [1.807, 2.05) is 20.8 Å². The molecule has 7 rings (SSSR count). The number of halogens is 3. The van der Waals surface area contributed by atoms with Crippen LogP contribution in [0.4, 0.5) is 23.7 Å². The minimum absolute atomic E-state index is 0.00273. The van der Waals surface area contributed by atoms with Crippen molar-refractivity contribution in [2.24, 2.45) is 17.3 Å². The van der Waals surface area contributed by atoms with Gasteiger partial charge in [0.05, 0.1) is 34.9 Å². The van der Waals surface area contributed by atoms with Crippen LogP contribution in [0.3, 0.4) is 0 Å². The maximum Gasteiger partial charge on any atom is 0.481 e. The first-order valence-corrected chi connectivity index (χ1v) is 17.1. The van der Waals surface area contributed by atoms with Crippen LogP contribution in [0.15, 0.2) is 35.3 Å². The Morgan fingerprint density at radius 3 is 2.53 bits per heavy atom. The normalized spacial score (nSPS) is 30.2. The molecule has 3 aliphatic carbocycles. The summed E-state index contributed by atoms with van der Waals surface area (Å²) in [7, 11) is -0.670. The molecular weight excluding hydrogens is 640 g/mol. The van der Waals surface area contributed by atoms with Gasteiger partial charge in [-0.05, 0) is 81.9 Å². The number of rotatable bonds is 9. The standard InChI is InChI=1S/C34H46BF3N6O5/c1-8-26(35-48-25-14-21-13-24(31(21,4)5)33(25,7)49-35)42-27(45)23-15-32(6,43-30(47)41-18(2)3)29-40-17-22(28(46)44(23)29)39-16-19-10-9-11-20(12-19)34(36,37)38/h9-12,17-18,21,23-26,39H,8,13-16H2,1-7H3,(H,42,45)(H2,41,43,47)/t21-,23-,24-,25+,26-,32+,33-/m0/s1. The number of urea groups is 1. The first-order valence-electron chi connectivity index (χ1n) is 17.1. The van der Waals surface area contributed by atoms with Gasteiger partial charge in [-0.15, -0.1) is 0 Å². The molecule has 0 unspecified atom stereocenters. The quantitative estimate of drug-likeness (QED) is 0.276. The van der Waals surface area contributed by atoms with E-state index in [1.54, 1.807) is 6.92 Å². The molecule has 2 aromatic rings. The zero-order valence-corrected chi connectivity index (χ0v) is 29.0. The van der Waals surface area contributed by atoms with Crippen LogP contribution in [0.25, 0.3) is 0 Å². The molecule has 3 saturated carbocycles. The van der Waals surface area contributed by atoms with Crippen molar-refractivity contribution < 1.29 is 32.1 Å². The SMILES string of the molecule is CC[C@H](NC(=O)[C@@H]1C[C@@](C)(NC(=O)NC(C)C)c2ncc(NCc3cccc(C(F)(F)F)c3)c(=O)n21)B1O[C@@H]2C[C@@H]3C[C@@H](C3(C)C)[C@]2(C)O1. The summed E-state index contributed by atoms with van der Waals surface area (Å²) in [6.07, 6.45) is -0.768. The van der Waals surface area contributed by atoms with E-state index < -0.39 is 59.5 Å². The van der Waals surface area contributed by atoms with Crippen molar-refractivity contribution in [1.29, 1.82) is 0 Å². The summed E-state index contributed by atoms with van der Waals surface area (Å²) in [6.45, 7) is 13.8. The molecule has 0 radical (unpaired) electrons. The number of hydrogen-bond acceptors (Lipinski definition) is 7. The number of carbonyl (C=O) groups is 2. The highest BCUT2D eigenvalue weighted by Crippen LogP contribution is 2.65. The monoisotopic (exact) mass is 686 g/mol. The molecule has 3 amide bonds. The average molecular weight is 687 g/mol. The smallest absolute Gasteiger partial charge is 0.404 e. The van der Waals surface area contributed by atoms with E-state index in [-0.39, 0.29) is 42.0 Å². The lowest BCUT2D eigenvalue weighted by molar-refractivity contribution is -0.199. The minimum atomic E-state index is -4.51. The summed E-state index contributed by atoms with van der Waals surface area (Å²) in [5.41, 5.74) is -2.59. The molecule has 266 valence electrons. The molecule has 0 spiro atoms. The number of hydrogen-bond donors (Lipinski definition) is 4. The first-order chi connectivity index (χ1) is 22.9.